The first-order valence-electron chi connectivity index (χ1n) is 7.40. The summed E-state index contributed by atoms with van der Waals surface area (Å²) in [4.78, 5) is 0. The highest BCUT2D eigenvalue weighted by atomic mass is 35.5. The third-order valence-electron chi connectivity index (χ3n) is 3.05. The van der Waals surface area contributed by atoms with Gasteiger partial charge in [0.25, 0.3) is 0 Å². The van der Waals surface area contributed by atoms with Crippen LogP contribution in [0.1, 0.15) is 18.4 Å². The molecule has 1 aromatic carbocycles. The molecule has 0 aliphatic rings. The van der Waals surface area contributed by atoms with Gasteiger partial charge in [-0.05, 0) is 30.0 Å². The van der Waals surface area contributed by atoms with E-state index in [1.54, 1.807) is 53.2 Å². The lowest BCUT2D eigenvalue weighted by atomic mass is 10.3. The molecule has 6 nitrogen and oxygen atoms in total. The van der Waals surface area contributed by atoms with Crippen LogP contribution in [-0.2, 0) is 6.61 Å². The van der Waals surface area contributed by atoms with Gasteiger partial charge in [-0.2, -0.15) is 9.78 Å². The zero-order chi connectivity index (χ0) is 17.6. The molecule has 3 aromatic rings. The van der Waals surface area contributed by atoms with Crippen molar-refractivity contribution in [1.82, 2.24) is 14.9 Å². The summed E-state index contributed by atoms with van der Waals surface area (Å²) in [6.45, 7) is 2.27. The summed E-state index contributed by atoms with van der Waals surface area (Å²) in [6.07, 6.45) is 3.14. The van der Waals surface area contributed by atoms with Crippen LogP contribution in [-0.4, -0.2) is 26.8 Å². The summed E-state index contributed by atoms with van der Waals surface area (Å²) in [5.41, 5.74) is 0. The number of halogens is 2. The van der Waals surface area contributed by atoms with Gasteiger partial charge in [-0.15, -0.1) is 10.2 Å². The highest BCUT2D eigenvalue weighted by Gasteiger charge is 2.08. The Hall–Kier alpha value is -1.96. The van der Waals surface area contributed by atoms with Crippen LogP contribution in [0.15, 0.2) is 51.3 Å². The van der Waals surface area contributed by atoms with E-state index >= 15 is 0 Å². The molecule has 3 rings (SSSR count). The SMILES string of the molecule is CCSc1nncn1/N=C/c1ccc(COc2cccc(Cl)c2Cl)o1. The topological polar surface area (TPSA) is 65.4 Å². The first kappa shape index (κ1) is 17.8. The first-order chi connectivity index (χ1) is 12.2. The number of thioether (sulfide) groups is 1. The van der Waals surface area contributed by atoms with E-state index in [0.717, 1.165) is 10.9 Å². The van der Waals surface area contributed by atoms with Gasteiger partial charge in [0.15, 0.2) is 0 Å². The molecule has 2 aromatic heterocycles. The number of ether oxygens (including phenoxy) is 1. The fraction of sp³-hybridized carbons (Fsp3) is 0.188. The average Bonchev–Trinajstić information content (AvgIpc) is 3.24. The Morgan fingerprint density at radius 3 is 3.04 bits per heavy atom. The van der Waals surface area contributed by atoms with Crippen molar-refractivity contribution < 1.29 is 9.15 Å². The molecule has 0 bridgehead atoms. The van der Waals surface area contributed by atoms with Crippen LogP contribution in [0, 0.1) is 0 Å². The van der Waals surface area contributed by atoms with Crippen molar-refractivity contribution in [3.05, 3.63) is 58.2 Å². The molecule has 0 saturated carbocycles. The van der Waals surface area contributed by atoms with Crippen molar-refractivity contribution in [1.29, 1.82) is 0 Å². The van der Waals surface area contributed by atoms with Crippen LogP contribution < -0.4 is 4.74 Å². The summed E-state index contributed by atoms with van der Waals surface area (Å²) in [5, 5.41) is 13.7. The predicted molar refractivity (Wildman–Crippen MR) is 98.9 cm³/mol. The Balaban J connectivity index is 1.63. The quantitative estimate of drug-likeness (QED) is 0.425. The number of furan rings is 1. The van der Waals surface area contributed by atoms with E-state index in [4.69, 9.17) is 32.4 Å². The maximum Gasteiger partial charge on any atom is 0.211 e. The fourth-order valence-electron chi connectivity index (χ4n) is 1.93. The minimum absolute atomic E-state index is 0.234. The lowest BCUT2D eigenvalue weighted by Crippen LogP contribution is -1.94. The van der Waals surface area contributed by atoms with E-state index in [1.807, 2.05) is 13.0 Å². The fourth-order valence-corrected chi connectivity index (χ4v) is 2.86. The molecule has 0 saturated heterocycles. The lowest BCUT2D eigenvalue weighted by Gasteiger charge is -2.06. The van der Waals surface area contributed by atoms with Gasteiger partial charge >= 0.3 is 0 Å². The van der Waals surface area contributed by atoms with E-state index < -0.39 is 0 Å². The summed E-state index contributed by atoms with van der Waals surface area (Å²) < 4.78 is 12.9. The van der Waals surface area contributed by atoms with E-state index in [2.05, 4.69) is 15.3 Å². The second-order valence-corrected chi connectivity index (χ2v) is 6.80. The van der Waals surface area contributed by atoms with E-state index in [9.17, 15) is 0 Å². The van der Waals surface area contributed by atoms with Gasteiger partial charge in [0.05, 0.1) is 11.2 Å². The molecule has 0 N–H and O–H groups in total. The van der Waals surface area contributed by atoms with Crippen molar-refractivity contribution in [2.75, 3.05) is 5.75 Å². The smallest absolute Gasteiger partial charge is 0.211 e. The summed E-state index contributed by atoms with van der Waals surface area (Å²) in [5.74, 6) is 2.63. The minimum atomic E-state index is 0.234. The monoisotopic (exact) mass is 396 g/mol. The van der Waals surface area contributed by atoms with Crippen LogP contribution in [0.3, 0.4) is 0 Å². The van der Waals surface area contributed by atoms with Gasteiger partial charge in [0, 0.05) is 0 Å². The van der Waals surface area contributed by atoms with Gasteiger partial charge in [0.1, 0.15) is 35.2 Å². The Kier molecular flexibility index (Phi) is 6.01. The second-order valence-electron chi connectivity index (χ2n) is 4.78. The maximum absolute atomic E-state index is 6.09. The van der Waals surface area contributed by atoms with Crippen molar-refractivity contribution in [2.24, 2.45) is 5.10 Å². The Morgan fingerprint density at radius 1 is 1.32 bits per heavy atom. The molecule has 9 heteroatoms. The van der Waals surface area contributed by atoms with Gasteiger partial charge in [0.2, 0.25) is 5.16 Å². The third-order valence-corrected chi connectivity index (χ3v) is 4.67. The van der Waals surface area contributed by atoms with Crippen molar-refractivity contribution >= 4 is 41.2 Å². The average molecular weight is 397 g/mol. The Labute approximate surface area is 158 Å². The molecule has 0 atom stereocenters. The van der Waals surface area contributed by atoms with E-state index in [-0.39, 0.29) is 6.61 Å². The number of hydrogen-bond acceptors (Lipinski definition) is 6. The number of rotatable bonds is 7. The lowest BCUT2D eigenvalue weighted by molar-refractivity contribution is 0.270. The molecule has 0 amide bonds. The number of nitrogens with zero attached hydrogens (tertiary/aromatic N) is 4. The first-order valence-corrected chi connectivity index (χ1v) is 9.14. The summed E-state index contributed by atoms with van der Waals surface area (Å²) in [7, 11) is 0. The number of aromatic nitrogens is 3. The molecular formula is C16H14Cl2N4O2S. The van der Waals surface area contributed by atoms with Crippen LogP contribution in [0.2, 0.25) is 10.0 Å². The third kappa shape index (κ3) is 4.56. The standard InChI is InChI=1S/C16H14Cl2N4O2S/c1-2-25-16-21-19-10-22(16)20-8-11-6-7-12(24-11)9-23-14-5-3-4-13(17)15(14)18/h3-8,10H,2,9H2,1H3/b20-8+. The minimum Gasteiger partial charge on any atom is -0.484 e. The molecule has 0 fully saturated rings. The highest BCUT2D eigenvalue weighted by molar-refractivity contribution is 7.99. The molecule has 0 aliphatic heterocycles. The Morgan fingerprint density at radius 2 is 2.20 bits per heavy atom. The largest absolute Gasteiger partial charge is 0.484 e. The zero-order valence-electron chi connectivity index (χ0n) is 13.2. The zero-order valence-corrected chi connectivity index (χ0v) is 15.6. The molecule has 0 unspecified atom stereocenters. The Bertz CT molecular complexity index is 879. The summed E-state index contributed by atoms with van der Waals surface area (Å²) in [6, 6.07) is 8.84. The molecule has 0 spiro atoms. The predicted octanol–water partition coefficient (Wildman–Crippen LogP) is 4.75. The van der Waals surface area contributed by atoms with Crippen molar-refractivity contribution in [2.45, 2.75) is 18.7 Å². The van der Waals surface area contributed by atoms with Crippen molar-refractivity contribution in [3.8, 4) is 5.75 Å². The van der Waals surface area contributed by atoms with Crippen LogP contribution in [0.4, 0.5) is 0 Å². The normalized spacial score (nSPS) is 11.3. The van der Waals surface area contributed by atoms with Crippen LogP contribution >= 0.6 is 35.0 Å². The van der Waals surface area contributed by atoms with Gasteiger partial charge < -0.3 is 9.15 Å². The maximum atomic E-state index is 6.09. The van der Waals surface area contributed by atoms with Gasteiger partial charge in [-0.1, -0.05) is 48.0 Å². The molecule has 0 aliphatic carbocycles. The second kappa shape index (κ2) is 8.42. The molecule has 130 valence electrons. The van der Waals surface area contributed by atoms with E-state index in [0.29, 0.717) is 27.3 Å². The summed E-state index contributed by atoms with van der Waals surface area (Å²) >= 11 is 13.6. The van der Waals surface area contributed by atoms with E-state index in [1.165, 1.54) is 0 Å². The van der Waals surface area contributed by atoms with Gasteiger partial charge in [-0.3, -0.25) is 0 Å². The molecule has 25 heavy (non-hydrogen) atoms. The highest BCUT2D eigenvalue weighted by Crippen LogP contribution is 2.32. The van der Waals surface area contributed by atoms with Crippen LogP contribution in [0.5, 0.6) is 5.75 Å². The molecular weight excluding hydrogens is 383 g/mol. The van der Waals surface area contributed by atoms with Crippen LogP contribution in [0.25, 0.3) is 0 Å². The molecule has 0 radical (unpaired) electrons. The molecule has 2 heterocycles. The number of benzene rings is 1. The van der Waals surface area contributed by atoms with Crippen molar-refractivity contribution in [3.63, 3.8) is 0 Å². The number of hydrogen-bond donors (Lipinski definition) is 0. The van der Waals surface area contributed by atoms with Gasteiger partial charge in [-0.25, -0.2) is 0 Å².